The second-order valence-electron chi connectivity index (χ2n) is 6.74. The summed E-state index contributed by atoms with van der Waals surface area (Å²) in [6.07, 6.45) is -0.435. The highest BCUT2D eigenvalue weighted by molar-refractivity contribution is 5.99. The number of methoxy groups -OCH3 is 1. The van der Waals surface area contributed by atoms with Gasteiger partial charge in [-0.15, -0.1) is 13.2 Å². The normalized spacial score (nSPS) is 19.1. The third kappa shape index (κ3) is 5.61. The molecule has 0 radical (unpaired) electrons. The predicted octanol–water partition coefficient (Wildman–Crippen LogP) is 4.63. The summed E-state index contributed by atoms with van der Waals surface area (Å²) in [4.78, 5) is 13.1. The predicted molar refractivity (Wildman–Crippen MR) is 104 cm³/mol. The Balaban J connectivity index is 2.44. The second-order valence-corrected chi connectivity index (χ2v) is 6.74. The number of rotatable bonds is 9. The van der Waals surface area contributed by atoms with Crippen molar-refractivity contribution in [1.82, 2.24) is 0 Å². The first kappa shape index (κ1) is 23.0. The van der Waals surface area contributed by atoms with Crippen LogP contribution in [0.4, 0.5) is 18.9 Å². The molecule has 1 aromatic carbocycles. The molecule has 0 saturated carbocycles. The van der Waals surface area contributed by atoms with Crippen LogP contribution in [-0.2, 0) is 14.3 Å². The van der Waals surface area contributed by atoms with Gasteiger partial charge in [-0.1, -0.05) is 12.2 Å². The lowest BCUT2D eigenvalue weighted by atomic mass is 9.92. The van der Waals surface area contributed by atoms with E-state index in [1.54, 1.807) is 0 Å². The topological polar surface area (TPSA) is 48.0 Å². The molecule has 1 aliphatic heterocycles. The fraction of sp³-hybridized carbons (Fsp3) is 0.476. The molecule has 29 heavy (non-hydrogen) atoms. The van der Waals surface area contributed by atoms with Gasteiger partial charge in [-0.2, -0.15) is 13.2 Å². The second kappa shape index (κ2) is 9.93. The number of carbonyl (C=O) groups is 1. The zero-order valence-corrected chi connectivity index (χ0v) is 16.4. The number of ether oxygens (including phenoxy) is 3. The molecule has 1 amide bonds. The molecule has 1 fully saturated rings. The SMILES string of the molecule is C=CC[C@](C=C)(COC1CCCCO1)N(C(=O)C(F)(F)F)c1ccc(OC)cc1. The molecule has 5 nitrogen and oxygen atoms in total. The van der Waals surface area contributed by atoms with Crippen LogP contribution in [0.2, 0.25) is 0 Å². The van der Waals surface area contributed by atoms with Gasteiger partial charge in [-0.05, 0) is 49.9 Å². The minimum atomic E-state index is -5.09. The molecule has 160 valence electrons. The van der Waals surface area contributed by atoms with Gasteiger partial charge in [0.2, 0.25) is 0 Å². The van der Waals surface area contributed by atoms with Crippen LogP contribution in [0.1, 0.15) is 25.7 Å². The van der Waals surface area contributed by atoms with Crippen molar-refractivity contribution >= 4 is 11.6 Å². The van der Waals surface area contributed by atoms with Crippen molar-refractivity contribution in [3.8, 4) is 5.75 Å². The summed E-state index contributed by atoms with van der Waals surface area (Å²) in [5.41, 5.74) is -1.45. The Kier molecular flexibility index (Phi) is 7.87. The van der Waals surface area contributed by atoms with Crippen molar-refractivity contribution in [2.24, 2.45) is 0 Å². The van der Waals surface area contributed by atoms with Crippen LogP contribution in [0.3, 0.4) is 0 Å². The Hall–Kier alpha value is -2.32. The molecule has 0 aliphatic carbocycles. The maximum Gasteiger partial charge on any atom is 0.471 e. The minimum Gasteiger partial charge on any atom is -0.497 e. The summed E-state index contributed by atoms with van der Waals surface area (Å²) >= 11 is 0. The summed E-state index contributed by atoms with van der Waals surface area (Å²) in [6.45, 7) is 7.65. The lowest BCUT2D eigenvalue weighted by Gasteiger charge is -2.42. The van der Waals surface area contributed by atoms with Gasteiger partial charge >= 0.3 is 12.1 Å². The monoisotopic (exact) mass is 413 g/mol. The number of halogens is 3. The van der Waals surface area contributed by atoms with Crippen molar-refractivity contribution in [3.63, 3.8) is 0 Å². The quantitative estimate of drug-likeness (QED) is 0.554. The number of carbonyl (C=O) groups excluding carboxylic acids is 1. The fourth-order valence-corrected chi connectivity index (χ4v) is 3.21. The molecular weight excluding hydrogens is 387 g/mol. The highest BCUT2D eigenvalue weighted by Gasteiger charge is 2.50. The van der Waals surface area contributed by atoms with E-state index in [1.807, 2.05) is 0 Å². The summed E-state index contributed by atoms with van der Waals surface area (Å²) in [7, 11) is 1.44. The summed E-state index contributed by atoms with van der Waals surface area (Å²) in [6, 6.07) is 5.75. The molecule has 0 aromatic heterocycles. The first-order valence-electron chi connectivity index (χ1n) is 9.30. The van der Waals surface area contributed by atoms with Crippen LogP contribution in [0, 0.1) is 0 Å². The van der Waals surface area contributed by atoms with Gasteiger partial charge in [0.15, 0.2) is 6.29 Å². The number of nitrogens with zero attached hydrogens (tertiary/aromatic N) is 1. The number of benzene rings is 1. The van der Waals surface area contributed by atoms with Gasteiger partial charge in [0.1, 0.15) is 5.75 Å². The average Bonchev–Trinajstić information content (AvgIpc) is 2.72. The van der Waals surface area contributed by atoms with Crippen LogP contribution in [0.25, 0.3) is 0 Å². The third-order valence-corrected chi connectivity index (χ3v) is 4.76. The Morgan fingerprint density at radius 1 is 1.28 bits per heavy atom. The van der Waals surface area contributed by atoms with Crippen LogP contribution in [-0.4, -0.2) is 44.2 Å². The Bertz CT molecular complexity index is 699. The Morgan fingerprint density at radius 3 is 2.45 bits per heavy atom. The van der Waals surface area contributed by atoms with Crippen molar-refractivity contribution in [2.45, 2.75) is 43.7 Å². The van der Waals surface area contributed by atoms with Crippen molar-refractivity contribution in [2.75, 3.05) is 25.2 Å². The molecule has 2 rings (SSSR count). The molecule has 0 N–H and O–H groups in total. The van der Waals surface area contributed by atoms with Crippen LogP contribution in [0.15, 0.2) is 49.6 Å². The zero-order chi connectivity index (χ0) is 21.5. The highest BCUT2D eigenvalue weighted by Crippen LogP contribution is 2.35. The lowest BCUT2D eigenvalue weighted by Crippen LogP contribution is -2.58. The van der Waals surface area contributed by atoms with Crippen LogP contribution >= 0.6 is 0 Å². The zero-order valence-electron chi connectivity index (χ0n) is 16.4. The Morgan fingerprint density at radius 2 is 1.97 bits per heavy atom. The van der Waals surface area contributed by atoms with Gasteiger partial charge < -0.3 is 14.2 Å². The molecule has 1 saturated heterocycles. The fourth-order valence-electron chi connectivity index (χ4n) is 3.21. The molecule has 1 aromatic rings. The standard InChI is InChI=1S/C21H26F3NO4/c1-4-13-20(5-2,15-29-18-8-6-7-14-28-18)25(19(26)21(22,23)24)16-9-11-17(27-3)12-10-16/h4-5,9-12,18H,1-2,6-8,13-15H2,3H3/t18?,20-/m1/s1. The largest absolute Gasteiger partial charge is 0.497 e. The van der Waals surface area contributed by atoms with Gasteiger partial charge in [-0.25, -0.2) is 0 Å². The number of hydrogen-bond donors (Lipinski definition) is 0. The third-order valence-electron chi connectivity index (χ3n) is 4.76. The minimum absolute atomic E-state index is 0.0110. The van der Waals surface area contributed by atoms with E-state index in [4.69, 9.17) is 14.2 Å². The molecule has 0 spiro atoms. The van der Waals surface area contributed by atoms with E-state index in [9.17, 15) is 18.0 Å². The molecule has 1 unspecified atom stereocenters. The van der Waals surface area contributed by atoms with E-state index in [0.29, 0.717) is 23.7 Å². The number of hydrogen-bond acceptors (Lipinski definition) is 4. The first-order valence-corrected chi connectivity index (χ1v) is 9.30. The Labute approximate surface area is 168 Å². The van der Waals surface area contributed by atoms with Gasteiger partial charge in [0.05, 0.1) is 19.3 Å². The summed E-state index contributed by atoms with van der Waals surface area (Å²) in [5, 5.41) is 0. The molecule has 1 aliphatic rings. The van der Waals surface area contributed by atoms with E-state index in [-0.39, 0.29) is 18.7 Å². The number of anilines is 1. The maximum absolute atomic E-state index is 13.5. The van der Waals surface area contributed by atoms with E-state index in [2.05, 4.69) is 13.2 Å². The number of amides is 1. The van der Waals surface area contributed by atoms with Crippen molar-refractivity contribution in [3.05, 3.63) is 49.6 Å². The maximum atomic E-state index is 13.5. The van der Waals surface area contributed by atoms with Crippen LogP contribution in [0.5, 0.6) is 5.75 Å². The average molecular weight is 413 g/mol. The van der Waals surface area contributed by atoms with Crippen LogP contribution < -0.4 is 9.64 Å². The van der Waals surface area contributed by atoms with E-state index < -0.39 is 23.9 Å². The van der Waals surface area contributed by atoms with Crippen molar-refractivity contribution < 1.29 is 32.2 Å². The summed E-state index contributed by atoms with van der Waals surface area (Å²) in [5.74, 6) is -1.56. The van der Waals surface area contributed by atoms with Gasteiger partial charge in [0, 0.05) is 12.3 Å². The first-order chi connectivity index (χ1) is 13.8. The van der Waals surface area contributed by atoms with E-state index in [1.165, 1.54) is 43.5 Å². The molecule has 0 bridgehead atoms. The lowest BCUT2D eigenvalue weighted by molar-refractivity contribution is -0.178. The molecule has 2 atom stereocenters. The smallest absolute Gasteiger partial charge is 0.471 e. The van der Waals surface area contributed by atoms with E-state index in [0.717, 1.165) is 12.8 Å². The molecule has 8 heteroatoms. The molecular formula is C21H26F3NO4. The van der Waals surface area contributed by atoms with E-state index >= 15 is 0 Å². The van der Waals surface area contributed by atoms with Crippen molar-refractivity contribution in [1.29, 1.82) is 0 Å². The molecule has 1 heterocycles. The van der Waals surface area contributed by atoms with Gasteiger partial charge in [0.25, 0.3) is 0 Å². The number of alkyl halides is 3. The van der Waals surface area contributed by atoms with Gasteiger partial charge in [-0.3, -0.25) is 9.69 Å². The summed E-state index contributed by atoms with van der Waals surface area (Å²) < 4.78 is 56.8. The highest BCUT2D eigenvalue weighted by atomic mass is 19.4.